The molecule has 0 aliphatic rings. The van der Waals surface area contributed by atoms with Crippen molar-refractivity contribution < 1.29 is 13.6 Å². The normalized spacial score (nSPS) is 10.6. The highest BCUT2D eigenvalue weighted by molar-refractivity contribution is 5.97. The van der Waals surface area contributed by atoms with Gasteiger partial charge >= 0.3 is 0 Å². The van der Waals surface area contributed by atoms with Gasteiger partial charge in [-0.15, -0.1) is 5.10 Å². The van der Waals surface area contributed by atoms with Crippen molar-refractivity contribution in [2.24, 2.45) is 0 Å². The van der Waals surface area contributed by atoms with Crippen LogP contribution in [0.4, 0.5) is 8.78 Å². The first kappa shape index (κ1) is 15.7. The summed E-state index contributed by atoms with van der Waals surface area (Å²) in [4.78, 5) is 14.0. The Morgan fingerprint density at radius 3 is 2.71 bits per heavy atom. The summed E-state index contributed by atoms with van der Waals surface area (Å²) < 4.78 is 28.1. The molecule has 0 bridgehead atoms. The molecule has 0 aliphatic heterocycles. The van der Waals surface area contributed by atoms with Gasteiger partial charge in [-0.2, -0.15) is 4.68 Å². The van der Waals surface area contributed by atoms with Crippen molar-refractivity contribution in [1.82, 2.24) is 25.1 Å². The van der Waals surface area contributed by atoms with Crippen molar-refractivity contribution in [2.45, 2.75) is 6.54 Å². The van der Waals surface area contributed by atoms with E-state index in [1.807, 2.05) is 0 Å². The Kier molecular flexibility index (Phi) is 4.28. The number of para-hydroxylation sites is 1. The summed E-state index contributed by atoms with van der Waals surface area (Å²) in [6, 6.07) is 10.1. The first-order valence-corrected chi connectivity index (χ1v) is 7.08. The van der Waals surface area contributed by atoms with Crippen LogP contribution in [0.15, 0.2) is 48.8 Å². The fourth-order valence-electron chi connectivity index (χ4n) is 2.31. The van der Waals surface area contributed by atoms with Gasteiger partial charge in [0.1, 0.15) is 18.0 Å². The number of benzene rings is 2. The third-order valence-electron chi connectivity index (χ3n) is 3.50. The number of aromatic nitrogens is 4. The number of tetrazole rings is 1. The van der Waals surface area contributed by atoms with Crippen molar-refractivity contribution in [2.75, 3.05) is 7.05 Å². The molecule has 1 aromatic heterocycles. The van der Waals surface area contributed by atoms with E-state index in [0.717, 1.165) is 12.1 Å². The number of carbonyl (C=O) groups excluding carboxylic acids is 1. The zero-order chi connectivity index (χ0) is 17.1. The molecule has 0 saturated heterocycles. The van der Waals surface area contributed by atoms with Gasteiger partial charge in [0.25, 0.3) is 5.91 Å². The van der Waals surface area contributed by atoms with Crippen LogP contribution in [0.1, 0.15) is 15.9 Å². The molecule has 6 nitrogen and oxygen atoms in total. The third-order valence-corrected chi connectivity index (χ3v) is 3.50. The highest BCUT2D eigenvalue weighted by atomic mass is 19.1. The predicted octanol–water partition coefficient (Wildman–Crippen LogP) is 2.21. The Morgan fingerprint density at radius 2 is 2.00 bits per heavy atom. The molecule has 122 valence electrons. The number of amides is 1. The summed E-state index contributed by atoms with van der Waals surface area (Å²) in [7, 11) is 1.54. The Morgan fingerprint density at radius 1 is 1.21 bits per heavy atom. The molecular weight excluding hydrogens is 316 g/mol. The van der Waals surface area contributed by atoms with E-state index in [4.69, 9.17) is 0 Å². The summed E-state index contributed by atoms with van der Waals surface area (Å²) in [5.74, 6) is -1.68. The molecule has 3 aromatic rings. The van der Waals surface area contributed by atoms with Gasteiger partial charge in [0.05, 0.1) is 11.3 Å². The van der Waals surface area contributed by atoms with Crippen LogP contribution >= 0.6 is 0 Å². The van der Waals surface area contributed by atoms with E-state index in [1.165, 1.54) is 22.0 Å². The number of rotatable bonds is 4. The monoisotopic (exact) mass is 329 g/mol. The molecule has 0 spiro atoms. The molecular formula is C16H13F2N5O. The van der Waals surface area contributed by atoms with Crippen LogP contribution in [-0.2, 0) is 6.54 Å². The molecule has 1 heterocycles. The molecule has 0 aliphatic carbocycles. The number of hydrogen-bond donors (Lipinski definition) is 0. The highest BCUT2D eigenvalue weighted by Crippen LogP contribution is 2.17. The lowest BCUT2D eigenvalue weighted by molar-refractivity contribution is 0.0783. The summed E-state index contributed by atoms with van der Waals surface area (Å²) in [6.45, 7) is 0.00882. The maximum atomic E-state index is 13.8. The summed E-state index contributed by atoms with van der Waals surface area (Å²) >= 11 is 0. The maximum absolute atomic E-state index is 13.8. The standard InChI is InChI=1S/C16H13F2N5O/c1-22(9-11-6-7-12(17)8-14(11)18)16(24)13-4-2-3-5-15(13)23-10-19-20-21-23/h2-8,10H,9H2,1H3. The Bertz CT molecular complexity index is 867. The lowest BCUT2D eigenvalue weighted by Crippen LogP contribution is -2.27. The fraction of sp³-hybridized carbons (Fsp3) is 0.125. The number of nitrogens with zero attached hydrogens (tertiary/aromatic N) is 5. The molecule has 0 unspecified atom stereocenters. The van der Waals surface area contributed by atoms with Gasteiger partial charge in [-0.1, -0.05) is 18.2 Å². The van der Waals surface area contributed by atoms with E-state index in [2.05, 4.69) is 15.5 Å². The quantitative estimate of drug-likeness (QED) is 0.736. The van der Waals surface area contributed by atoms with Crippen LogP contribution in [0.3, 0.4) is 0 Å². The van der Waals surface area contributed by atoms with E-state index in [-0.39, 0.29) is 18.0 Å². The molecule has 24 heavy (non-hydrogen) atoms. The molecule has 0 N–H and O–H groups in total. The first-order chi connectivity index (χ1) is 11.6. The molecule has 8 heteroatoms. The molecule has 3 rings (SSSR count). The van der Waals surface area contributed by atoms with Crippen LogP contribution < -0.4 is 0 Å². The van der Waals surface area contributed by atoms with E-state index in [9.17, 15) is 13.6 Å². The number of carbonyl (C=O) groups is 1. The Labute approximate surface area is 136 Å². The van der Waals surface area contributed by atoms with E-state index >= 15 is 0 Å². The number of hydrogen-bond acceptors (Lipinski definition) is 4. The van der Waals surface area contributed by atoms with Crippen LogP contribution in [0.25, 0.3) is 5.69 Å². The summed E-state index contributed by atoms with van der Waals surface area (Å²) in [6.07, 6.45) is 1.38. The first-order valence-electron chi connectivity index (χ1n) is 7.08. The second-order valence-electron chi connectivity index (χ2n) is 5.17. The SMILES string of the molecule is CN(Cc1ccc(F)cc1F)C(=O)c1ccccc1-n1cnnn1. The van der Waals surface area contributed by atoms with Crippen molar-refractivity contribution in [3.63, 3.8) is 0 Å². The predicted molar refractivity (Wildman–Crippen MR) is 81.3 cm³/mol. The van der Waals surface area contributed by atoms with Crippen molar-refractivity contribution in [3.8, 4) is 5.69 Å². The van der Waals surface area contributed by atoms with Gasteiger partial charge in [-0.3, -0.25) is 4.79 Å². The minimum Gasteiger partial charge on any atom is -0.337 e. The topological polar surface area (TPSA) is 63.9 Å². The largest absolute Gasteiger partial charge is 0.337 e. The minimum absolute atomic E-state index is 0.00882. The van der Waals surface area contributed by atoms with Gasteiger partial charge < -0.3 is 4.90 Å². The van der Waals surface area contributed by atoms with E-state index in [0.29, 0.717) is 11.3 Å². The van der Waals surface area contributed by atoms with Gasteiger partial charge in [0.15, 0.2) is 0 Å². The second-order valence-corrected chi connectivity index (χ2v) is 5.17. The summed E-state index contributed by atoms with van der Waals surface area (Å²) in [5, 5.41) is 10.9. The van der Waals surface area contributed by atoms with Gasteiger partial charge in [0, 0.05) is 25.2 Å². The highest BCUT2D eigenvalue weighted by Gasteiger charge is 2.18. The van der Waals surface area contributed by atoms with E-state index in [1.54, 1.807) is 31.3 Å². The third kappa shape index (κ3) is 3.12. The second kappa shape index (κ2) is 6.53. The smallest absolute Gasteiger partial charge is 0.256 e. The average molecular weight is 329 g/mol. The molecule has 2 aromatic carbocycles. The minimum atomic E-state index is -0.691. The van der Waals surface area contributed by atoms with Gasteiger partial charge in [-0.25, -0.2) is 8.78 Å². The van der Waals surface area contributed by atoms with Gasteiger partial charge in [0.2, 0.25) is 0 Å². The molecule has 1 amide bonds. The van der Waals surface area contributed by atoms with Crippen molar-refractivity contribution >= 4 is 5.91 Å². The van der Waals surface area contributed by atoms with Crippen LogP contribution in [-0.4, -0.2) is 38.1 Å². The number of halogens is 2. The lowest BCUT2D eigenvalue weighted by atomic mass is 10.1. The van der Waals surface area contributed by atoms with Crippen LogP contribution in [0.2, 0.25) is 0 Å². The van der Waals surface area contributed by atoms with Crippen LogP contribution in [0, 0.1) is 11.6 Å². The zero-order valence-corrected chi connectivity index (χ0v) is 12.7. The molecule has 0 radical (unpaired) electrons. The Hall–Kier alpha value is -3.16. The van der Waals surface area contributed by atoms with Gasteiger partial charge in [-0.05, 0) is 28.6 Å². The van der Waals surface area contributed by atoms with Crippen LogP contribution in [0.5, 0.6) is 0 Å². The van der Waals surface area contributed by atoms with Crippen molar-refractivity contribution in [1.29, 1.82) is 0 Å². The molecule has 0 atom stereocenters. The average Bonchev–Trinajstić information content (AvgIpc) is 3.11. The van der Waals surface area contributed by atoms with E-state index < -0.39 is 11.6 Å². The molecule has 0 fully saturated rings. The maximum Gasteiger partial charge on any atom is 0.256 e. The van der Waals surface area contributed by atoms with Crippen molar-refractivity contribution in [3.05, 3.63) is 71.6 Å². The zero-order valence-electron chi connectivity index (χ0n) is 12.7. The molecule has 0 saturated carbocycles. The Balaban J connectivity index is 1.87. The lowest BCUT2D eigenvalue weighted by Gasteiger charge is -2.19. The summed E-state index contributed by atoms with van der Waals surface area (Å²) in [5.41, 5.74) is 1.11. The fourth-order valence-corrected chi connectivity index (χ4v) is 2.31.